The quantitative estimate of drug-likeness (QED) is 0.636. The fourth-order valence-electron chi connectivity index (χ4n) is 3.32. The highest BCUT2D eigenvalue weighted by atomic mass is 16.2. The van der Waals surface area contributed by atoms with Crippen LogP contribution in [-0.4, -0.2) is 41.0 Å². The predicted octanol–water partition coefficient (Wildman–Crippen LogP) is 3.10. The zero-order valence-corrected chi connectivity index (χ0v) is 11.5. The van der Waals surface area contributed by atoms with Crippen LogP contribution in [0.5, 0.6) is 0 Å². The average molecular weight is 238 g/mol. The SMILES string of the molecule is CC1CCCN(C(=O)N2C(C)CCCC2C)C1. The summed E-state index contributed by atoms with van der Waals surface area (Å²) < 4.78 is 0. The molecule has 0 saturated carbocycles. The van der Waals surface area contributed by atoms with Gasteiger partial charge in [0.15, 0.2) is 0 Å². The second-order valence-corrected chi connectivity index (χ2v) is 6.01. The van der Waals surface area contributed by atoms with Crippen molar-refractivity contribution in [1.29, 1.82) is 0 Å². The van der Waals surface area contributed by atoms with E-state index >= 15 is 0 Å². The lowest BCUT2D eigenvalue weighted by Gasteiger charge is -2.43. The maximum Gasteiger partial charge on any atom is 0.320 e. The highest BCUT2D eigenvalue weighted by molar-refractivity contribution is 5.75. The van der Waals surface area contributed by atoms with Crippen molar-refractivity contribution in [3.05, 3.63) is 0 Å². The first-order valence-corrected chi connectivity index (χ1v) is 7.17. The summed E-state index contributed by atoms with van der Waals surface area (Å²) in [4.78, 5) is 16.8. The van der Waals surface area contributed by atoms with E-state index in [-0.39, 0.29) is 6.03 Å². The molecule has 0 aliphatic carbocycles. The molecule has 2 rings (SSSR count). The van der Waals surface area contributed by atoms with E-state index in [4.69, 9.17) is 0 Å². The second kappa shape index (κ2) is 5.28. The summed E-state index contributed by atoms with van der Waals surface area (Å²) in [6, 6.07) is 1.13. The number of carbonyl (C=O) groups excluding carboxylic acids is 1. The van der Waals surface area contributed by atoms with Gasteiger partial charge in [-0.05, 0) is 51.9 Å². The smallest absolute Gasteiger partial charge is 0.320 e. The molecule has 0 spiro atoms. The van der Waals surface area contributed by atoms with Gasteiger partial charge in [-0.25, -0.2) is 4.79 Å². The van der Waals surface area contributed by atoms with E-state index in [0.717, 1.165) is 13.1 Å². The summed E-state index contributed by atoms with van der Waals surface area (Å²) in [7, 11) is 0. The Hall–Kier alpha value is -0.730. The average Bonchev–Trinajstić information content (AvgIpc) is 2.28. The Morgan fingerprint density at radius 3 is 2.24 bits per heavy atom. The van der Waals surface area contributed by atoms with Crippen molar-refractivity contribution in [2.75, 3.05) is 13.1 Å². The van der Waals surface area contributed by atoms with Crippen LogP contribution in [0.25, 0.3) is 0 Å². The lowest BCUT2D eigenvalue weighted by molar-refractivity contribution is 0.0805. The van der Waals surface area contributed by atoms with Gasteiger partial charge in [0.1, 0.15) is 0 Å². The van der Waals surface area contributed by atoms with E-state index in [1.165, 1.54) is 32.1 Å². The van der Waals surface area contributed by atoms with Gasteiger partial charge in [0.05, 0.1) is 0 Å². The third kappa shape index (κ3) is 2.75. The van der Waals surface area contributed by atoms with Crippen molar-refractivity contribution in [2.24, 2.45) is 5.92 Å². The van der Waals surface area contributed by atoms with E-state index in [1.807, 2.05) is 0 Å². The molecular weight excluding hydrogens is 212 g/mol. The van der Waals surface area contributed by atoms with Crippen molar-refractivity contribution < 1.29 is 4.79 Å². The molecule has 0 aromatic carbocycles. The minimum atomic E-state index is 0.288. The summed E-state index contributed by atoms with van der Waals surface area (Å²) in [6.45, 7) is 8.55. The fraction of sp³-hybridized carbons (Fsp3) is 0.929. The molecule has 3 unspecified atom stereocenters. The summed E-state index contributed by atoms with van der Waals surface area (Å²) in [6.07, 6.45) is 6.04. The van der Waals surface area contributed by atoms with Crippen molar-refractivity contribution in [2.45, 2.75) is 65.0 Å². The Labute approximate surface area is 105 Å². The number of piperidine rings is 2. The van der Waals surface area contributed by atoms with E-state index < -0.39 is 0 Å². The molecule has 0 bridgehead atoms. The molecule has 2 heterocycles. The minimum absolute atomic E-state index is 0.288. The molecular formula is C14H26N2O. The van der Waals surface area contributed by atoms with E-state index in [0.29, 0.717) is 18.0 Å². The minimum Gasteiger partial charge on any atom is -0.324 e. The Bertz CT molecular complexity index is 269. The summed E-state index contributed by atoms with van der Waals surface area (Å²) in [5.41, 5.74) is 0. The van der Waals surface area contributed by atoms with Crippen LogP contribution in [0.15, 0.2) is 0 Å². The Kier molecular flexibility index (Phi) is 3.95. The number of hydrogen-bond donors (Lipinski definition) is 0. The van der Waals surface area contributed by atoms with Crippen molar-refractivity contribution >= 4 is 6.03 Å². The van der Waals surface area contributed by atoms with Crippen LogP contribution in [0.2, 0.25) is 0 Å². The van der Waals surface area contributed by atoms with E-state index in [9.17, 15) is 4.79 Å². The van der Waals surface area contributed by atoms with Crippen LogP contribution < -0.4 is 0 Å². The van der Waals surface area contributed by atoms with Gasteiger partial charge in [-0.2, -0.15) is 0 Å². The number of urea groups is 1. The van der Waals surface area contributed by atoms with Gasteiger partial charge in [-0.1, -0.05) is 6.92 Å². The molecule has 3 heteroatoms. The Morgan fingerprint density at radius 2 is 1.65 bits per heavy atom. The molecule has 0 aromatic rings. The first-order valence-electron chi connectivity index (χ1n) is 7.17. The van der Waals surface area contributed by atoms with Crippen LogP contribution in [0.1, 0.15) is 52.9 Å². The maximum atomic E-state index is 12.6. The van der Waals surface area contributed by atoms with Gasteiger partial charge in [0.25, 0.3) is 0 Å². The summed E-state index contributed by atoms with van der Waals surface area (Å²) >= 11 is 0. The van der Waals surface area contributed by atoms with Crippen LogP contribution >= 0.6 is 0 Å². The summed E-state index contributed by atoms with van der Waals surface area (Å²) in [5, 5.41) is 0. The number of carbonyl (C=O) groups is 1. The first-order chi connectivity index (χ1) is 8.09. The van der Waals surface area contributed by atoms with E-state index in [1.54, 1.807) is 0 Å². The molecule has 0 aromatic heterocycles. The van der Waals surface area contributed by atoms with E-state index in [2.05, 4.69) is 30.6 Å². The molecule has 3 atom stereocenters. The summed E-state index contributed by atoms with van der Waals surface area (Å²) in [5.74, 6) is 0.670. The number of nitrogens with zero attached hydrogens (tertiary/aromatic N) is 2. The van der Waals surface area contributed by atoms with Gasteiger partial charge in [-0.15, -0.1) is 0 Å². The molecule has 3 nitrogen and oxygen atoms in total. The Morgan fingerprint density at radius 1 is 1.00 bits per heavy atom. The van der Waals surface area contributed by atoms with Crippen molar-refractivity contribution in [3.63, 3.8) is 0 Å². The van der Waals surface area contributed by atoms with Gasteiger partial charge in [-0.3, -0.25) is 0 Å². The predicted molar refractivity (Wildman–Crippen MR) is 70.0 cm³/mol. The molecule has 98 valence electrons. The Balaban J connectivity index is 2.02. The third-order valence-electron chi connectivity index (χ3n) is 4.34. The monoisotopic (exact) mass is 238 g/mol. The molecule has 17 heavy (non-hydrogen) atoms. The van der Waals surface area contributed by atoms with Crippen LogP contribution in [-0.2, 0) is 0 Å². The molecule has 2 aliphatic heterocycles. The first kappa shape index (κ1) is 12.7. The highest BCUT2D eigenvalue weighted by Gasteiger charge is 2.33. The van der Waals surface area contributed by atoms with Crippen LogP contribution in [0.3, 0.4) is 0 Å². The third-order valence-corrected chi connectivity index (χ3v) is 4.34. The lowest BCUT2D eigenvalue weighted by atomic mass is 9.97. The largest absolute Gasteiger partial charge is 0.324 e. The van der Waals surface area contributed by atoms with Gasteiger partial charge in [0, 0.05) is 25.2 Å². The second-order valence-electron chi connectivity index (χ2n) is 6.01. The number of hydrogen-bond acceptors (Lipinski definition) is 1. The zero-order chi connectivity index (χ0) is 12.4. The molecule has 2 aliphatic rings. The fourth-order valence-corrected chi connectivity index (χ4v) is 3.32. The zero-order valence-electron chi connectivity index (χ0n) is 11.5. The molecule has 2 amide bonds. The lowest BCUT2D eigenvalue weighted by Crippen LogP contribution is -2.54. The standard InChI is InChI=1S/C14H26N2O/c1-11-6-5-9-15(10-11)14(17)16-12(2)7-4-8-13(16)3/h11-13H,4-10H2,1-3H3. The number of amides is 2. The number of rotatable bonds is 0. The van der Waals surface area contributed by atoms with Gasteiger partial charge < -0.3 is 9.80 Å². The topological polar surface area (TPSA) is 23.6 Å². The normalized spacial score (nSPS) is 34.9. The molecule has 2 fully saturated rings. The molecule has 0 N–H and O–H groups in total. The number of likely N-dealkylation sites (tertiary alicyclic amines) is 2. The van der Waals surface area contributed by atoms with Gasteiger partial charge >= 0.3 is 6.03 Å². The molecule has 2 saturated heterocycles. The van der Waals surface area contributed by atoms with Crippen molar-refractivity contribution in [1.82, 2.24) is 9.80 Å². The highest BCUT2D eigenvalue weighted by Crippen LogP contribution is 2.25. The molecule has 0 radical (unpaired) electrons. The van der Waals surface area contributed by atoms with Crippen LogP contribution in [0, 0.1) is 5.92 Å². The van der Waals surface area contributed by atoms with Gasteiger partial charge in [0.2, 0.25) is 0 Å². The van der Waals surface area contributed by atoms with Crippen molar-refractivity contribution in [3.8, 4) is 0 Å². The van der Waals surface area contributed by atoms with Crippen LogP contribution in [0.4, 0.5) is 4.79 Å². The maximum absolute atomic E-state index is 12.6.